The summed E-state index contributed by atoms with van der Waals surface area (Å²) < 4.78 is 5.11. The molecule has 0 heterocycles. The molecule has 1 aromatic carbocycles. The first-order chi connectivity index (χ1) is 10.1. The Morgan fingerprint density at radius 2 is 2.10 bits per heavy atom. The maximum atomic E-state index is 12.2. The second-order valence-corrected chi connectivity index (χ2v) is 5.67. The van der Waals surface area contributed by atoms with Gasteiger partial charge in [0.1, 0.15) is 5.41 Å². The molecule has 0 N–H and O–H groups in total. The number of ether oxygens (including phenoxy) is 1. The highest BCUT2D eigenvalue weighted by atomic mass is 35.5. The number of rotatable bonds is 5. The first-order valence-corrected chi connectivity index (χ1v) is 7.59. The average Bonchev–Trinajstić information content (AvgIpc) is 2.84. The molecule has 0 amide bonds. The van der Waals surface area contributed by atoms with Gasteiger partial charge in [0.2, 0.25) is 0 Å². The summed E-state index contributed by atoms with van der Waals surface area (Å²) in [6.07, 6.45) is 5.98. The lowest BCUT2D eigenvalue weighted by Gasteiger charge is -2.23. The number of allylic oxidation sites excluding steroid dienone is 1. The average molecular weight is 307 g/mol. The fraction of sp³-hybridized carbons (Fsp3) is 0.412. The molecule has 3 nitrogen and oxygen atoms in total. The lowest BCUT2D eigenvalue weighted by Crippen LogP contribution is -2.36. The molecule has 1 unspecified atom stereocenters. The van der Waals surface area contributed by atoms with Gasteiger partial charge in [-0.2, -0.15) is 0 Å². The maximum absolute atomic E-state index is 12.2. The zero-order chi connectivity index (χ0) is 15.3. The minimum Gasteiger partial charge on any atom is -0.465 e. The van der Waals surface area contributed by atoms with E-state index < -0.39 is 5.41 Å². The van der Waals surface area contributed by atoms with Crippen molar-refractivity contribution in [1.82, 2.24) is 0 Å². The number of carbonyl (C=O) groups is 2. The molecule has 1 atom stereocenters. The Kier molecular flexibility index (Phi) is 5.18. The third kappa shape index (κ3) is 3.53. The second-order valence-electron chi connectivity index (χ2n) is 5.24. The Labute approximate surface area is 129 Å². The van der Waals surface area contributed by atoms with E-state index in [1.807, 2.05) is 36.4 Å². The van der Waals surface area contributed by atoms with Crippen molar-refractivity contribution >= 4 is 29.4 Å². The summed E-state index contributed by atoms with van der Waals surface area (Å²) >= 11 is 5.84. The largest absolute Gasteiger partial charge is 0.465 e. The molecule has 0 bridgehead atoms. The van der Waals surface area contributed by atoms with Gasteiger partial charge in [0.25, 0.3) is 0 Å². The van der Waals surface area contributed by atoms with Crippen molar-refractivity contribution in [1.29, 1.82) is 0 Å². The molecule has 0 aromatic heterocycles. The first kappa shape index (κ1) is 15.8. The molecule has 1 saturated carbocycles. The number of hydrogen-bond donors (Lipinski definition) is 0. The van der Waals surface area contributed by atoms with E-state index in [0.29, 0.717) is 30.9 Å². The molecule has 112 valence electrons. The van der Waals surface area contributed by atoms with E-state index >= 15 is 0 Å². The van der Waals surface area contributed by atoms with Crippen LogP contribution in [0.15, 0.2) is 30.3 Å². The third-order valence-electron chi connectivity index (χ3n) is 3.85. The number of Topliss-reactive ketones (excluding diaryl/α,β-unsaturated/α-hetero) is 1. The molecule has 0 spiro atoms. The Balaban J connectivity index is 2.11. The normalized spacial score (nSPS) is 21.9. The van der Waals surface area contributed by atoms with Crippen molar-refractivity contribution in [2.24, 2.45) is 5.41 Å². The van der Waals surface area contributed by atoms with Crippen molar-refractivity contribution in [3.63, 3.8) is 0 Å². The summed E-state index contributed by atoms with van der Waals surface area (Å²) in [7, 11) is 0. The Hall–Kier alpha value is -1.61. The van der Waals surface area contributed by atoms with E-state index in [4.69, 9.17) is 16.3 Å². The van der Waals surface area contributed by atoms with Gasteiger partial charge in [0, 0.05) is 11.4 Å². The van der Waals surface area contributed by atoms with Crippen molar-refractivity contribution < 1.29 is 14.3 Å². The minimum atomic E-state index is -0.973. The Morgan fingerprint density at radius 1 is 1.38 bits per heavy atom. The van der Waals surface area contributed by atoms with Crippen LogP contribution in [0.5, 0.6) is 0 Å². The van der Waals surface area contributed by atoms with Crippen LogP contribution in [0, 0.1) is 5.41 Å². The lowest BCUT2D eigenvalue weighted by atomic mass is 9.81. The van der Waals surface area contributed by atoms with E-state index in [1.54, 1.807) is 6.92 Å². The fourth-order valence-corrected chi connectivity index (χ4v) is 2.81. The summed E-state index contributed by atoms with van der Waals surface area (Å²) in [6.45, 7) is 2.06. The van der Waals surface area contributed by atoms with E-state index in [2.05, 4.69) is 0 Å². The van der Waals surface area contributed by atoms with Gasteiger partial charge in [-0.15, -0.1) is 0 Å². The molecule has 1 aliphatic rings. The van der Waals surface area contributed by atoms with E-state index in [-0.39, 0.29) is 11.8 Å². The van der Waals surface area contributed by atoms with E-state index in [0.717, 1.165) is 12.0 Å². The van der Waals surface area contributed by atoms with Crippen LogP contribution in [-0.4, -0.2) is 18.4 Å². The summed E-state index contributed by atoms with van der Waals surface area (Å²) in [5.41, 5.74) is 0.0164. The smallest absolute Gasteiger partial charge is 0.319 e. The quantitative estimate of drug-likeness (QED) is 0.609. The molecular weight excluding hydrogens is 288 g/mol. The summed E-state index contributed by atoms with van der Waals surface area (Å²) in [5, 5.41) is 0.682. The lowest BCUT2D eigenvalue weighted by molar-refractivity contribution is -0.158. The van der Waals surface area contributed by atoms with Crippen LogP contribution < -0.4 is 0 Å². The topological polar surface area (TPSA) is 43.4 Å². The van der Waals surface area contributed by atoms with Crippen molar-refractivity contribution in [2.75, 3.05) is 6.61 Å². The highest BCUT2D eigenvalue weighted by Gasteiger charge is 2.48. The van der Waals surface area contributed by atoms with Gasteiger partial charge in [-0.1, -0.05) is 35.9 Å². The van der Waals surface area contributed by atoms with Crippen LogP contribution in [0.3, 0.4) is 0 Å². The van der Waals surface area contributed by atoms with Gasteiger partial charge in [-0.05, 0) is 43.9 Å². The number of ketones is 1. The Morgan fingerprint density at radius 3 is 2.67 bits per heavy atom. The number of esters is 1. The molecule has 1 aliphatic carbocycles. The minimum absolute atomic E-state index is 0.00158. The highest BCUT2D eigenvalue weighted by Crippen LogP contribution is 2.39. The summed E-state index contributed by atoms with van der Waals surface area (Å²) in [5.74, 6) is -0.380. The van der Waals surface area contributed by atoms with Gasteiger partial charge in [-0.3, -0.25) is 9.59 Å². The highest BCUT2D eigenvalue weighted by molar-refractivity contribution is 6.30. The second kappa shape index (κ2) is 6.90. The van der Waals surface area contributed by atoms with Gasteiger partial charge >= 0.3 is 5.97 Å². The fourth-order valence-electron chi connectivity index (χ4n) is 2.68. The monoisotopic (exact) mass is 306 g/mol. The molecule has 1 aromatic rings. The van der Waals surface area contributed by atoms with E-state index in [9.17, 15) is 9.59 Å². The van der Waals surface area contributed by atoms with Crippen LogP contribution in [0.25, 0.3) is 6.08 Å². The standard InChI is InChI=1S/C17H19ClO3/c1-2-21-16(20)17(12-4-6-15(17)19)11-3-5-13-7-9-14(18)10-8-13/h3,5,7-10H,2,4,6,11-12H2,1H3/b5-3+. The molecule has 0 radical (unpaired) electrons. The van der Waals surface area contributed by atoms with Crippen LogP contribution in [0.2, 0.25) is 5.02 Å². The SMILES string of the molecule is CCOC(=O)C1(C/C=C/c2ccc(Cl)cc2)CCCC1=O. The number of halogens is 1. The number of hydrogen-bond acceptors (Lipinski definition) is 3. The van der Waals surface area contributed by atoms with Gasteiger partial charge in [0.15, 0.2) is 5.78 Å². The molecule has 0 saturated heterocycles. The molecule has 0 aliphatic heterocycles. The predicted octanol–water partition coefficient (Wildman–Crippen LogP) is 4.05. The molecule has 4 heteroatoms. The zero-order valence-corrected chi connectivity index (χ0v) is 12.9. The molecular formula is C17H19ClO3. The van der Waals surface area contributed by atoms with Crippen LogP contribution in [0.1, 0.15) is 38.2 Å². The predicted molar refractivity (Wildman–Crippen MR) is 83.0 cm³/mol. The molecule has 21 heavy (non-hydrogen) atoms. The Bertz CT molecular complexity index is 548. The summed E-state index contributed by atoms with van der Waals surface area (Å²) in [4.78, 5) is 24.3. The number of benzene rings is 1. The molecule has 2 rings (SSSR count). The molecule has 1 fully saturated rings. The van der Waals surface area contributed by atoms with Crippen molar-refractivity contribution in [2.45, 2.75) is 32.6 Å². The van der Waals surface area contributed by atoms with Crippen LogP contribution >= 0.6 is 11.6 Å². The van der Waals surface area contributed by atoms with Gasteiger partial charge in [-0.25, -0.2) is 0 Å². The first-order valence-electron chi connectivity index (χ1n) is 7.21. The number of carbonyl (C=O) groups excluding carboxylic acids is 2. The van der Waals surface area contributed by atoms with Gasteiger partial charge < -0.3 is 4.74 Å². The van der Waals surface area contributed by atoms with Gasteiger partial charge in [0.05, 0.1) is 6.61 Å². The van der Waals surface area contributed by atoms with Crippen molar-refractivity contribution in [3.05, 3.63) is 40.9 Å². The van der Waals surface area contributed by atoms with Crippen LogP contribution in [-0.2, 0) is 14.3 Å². The zero-order valence-electron chi connectivity index (χ0n) is 12.1. The summed E-state index contributed by atoms with van der Waals surface area (Å²) in [6, 6.07) is 7.41. The van der Waals surface area contributed by atoms with E-state index in [1.165, 1.54) is 0 Å². The maximum Gasteiger partial charge on any atom is 0.319 e. The third-order valence-corrected chi connectivity index (χ3v) is 4.11. The van der Waals surface area contributed by atoms with Crippen molar-refractivity contribution in [3.8, 4) is 0 Å². The van der Waals surface area contributed by atoms with Crippen LogP contribution in [0.4, 0.5) is 0 Å².